The van der Waals surface area contributed by atoms with Crippen molar-refractivity contribution in [3.63, 3.8) is 0 Å². The molecule has 5 rings (SSSR count). The van der Waals surface area contributed by atoms with Crippen molar-refractivity contribution in [2.45, 2.75) is 57.8 Å². The van der Waals surface area contributed by atoms with Gasteiger partial charge in [0.05, 0.1) is 11.1 Å². The lowest BCUT2D eigenvalue weighted by Crippen LogP contribution is -2.32. The van der Waals surface area contributed by atoms with Crippen LogP contribution >= 0.6 is 11.6 Å². The molecule has 1 fully saturated rings. The smallest absolute Gasteiger partial charge is 0.303 e. The Morgan fingerprint density at radius 1 is 1.03 bits per heavy atom. The summed E-state index contributed by atoms with van der Waals surface area (Å²) in [7, 11) is 0. The molecule has 0 atom stereocenters. The number of fused-ring (bicyclic) bond motifs is 2. The van der Waals surface area contributed by atoms with E-state index in [9.17, 15) is 9.32 Å². The van der Waals surface area contributed by atoms with Crippen molar-refractivity contribution < 1.29 is 14.3 Å². The topological polar surface area (TPSA) is 42.4 Å². The molecule has 198 valence electrons. The summed E-state index contributed by atoms with van der Waals surface area (Å²) in [5.41, 5.74) is 8.75. The monoisotopic (exact) mass is 532 g/mol. The predicted octanol–water partition coefficient (Wildman–Crippen LogP) is 7.07. The van der Waals surface area contributed by atoms with Crippen LogP contribution in [0.15, 0.2) is 66.4 Å². The van der Waals surface area contributed by atoms with E-state index < -0.39 is 11.4 Å². The third kappa shape index (κ3) is 5.55. The Kier molecular flexibility index (Phi) is 7.96. The average molecular weight is 533 g/mol. The maximum Gasteiger partial charge on any atom is 0.358 e. The fourth-order valence-electron chi connectivity index (χ4n) is 5.77. The molecule has 2 heterocycles. The molecular weight excluding hydrogens is 499 g/mol. The van der Waals surface area contributed by atoms with Crippen molar-refractivity contribution in [1.82, 2.24) is 9.88 Å². The Morgan fingerprint density at radius 3 is 2.61 bits per heavy atom. The number of benzene rings is 2. The predicted molar refractivity (Wildman–Crippen MR) is 150 cm³/mol. The molecule has 0 amide bonds. The van der Waals surface area contributed by atoms with Gasteiger partial charge < -0.3 is 4.90 Å². The summed E-state index contributed by atoms with van der Waals surface area (Å²) in [6, 6.07) is 18.4. The van der Waals surface area contributed by atoms with Crippen molar-refractivity contribution in [1.29, 1.82) is 0 Å². The molecule has 4 nitrogen and oxygen atoms in total. The van der Waals surface area contributed by atoms with E-state index in [1.807, 2.05) is 36.5 Å². The lowest BCUT2D eigenvalue weighted by Gasteiger charge is -2.30. The summed E-state index contributed by atoms with van der Waals surface area (Å²) in [6.45, 7) is 6.44. The Labute approximate surface area is 229 Å². The van der Waals surface area contributed by atoms with Crippen molar-refractivity contribution >= 4 is 23.1 Å². The minimum atomic E-state index is -1.02. The quantitative estimate of drug-likeness (QED) is 0.340. The van der Waals surface area contributed by atoms with Crippen LogP contribution in [0.25, 0.3) is 5.57 Å². The summed E-state index contributed by atoms with van der Waals surface area (Å²) in [5, 5.41) is 0.790. The van der Waals surface area contributed by atoms with Crippen molar-refractivity contribution in [2.24, 2.45) is 0 Å². The fourth-order valence-corrected chi connectivity index (χ4v) is 5.96. The van der Waals surface area contributed by atoms with Crippen LogP contribution in [0.2, 0.25) is 5.02 Å². The summed E-state index contributed by atoms with van der Waals surface area (Å²) < 4.78 is 12.5. The lowest BCUT2D eigenvalue weighted by molar-refractivity contribution is -0.190. The van der Waals surface area contributed by atoms with Crippen molar-refractivity contribution in [3.8, 4) is 0 Å². The van der Waals surface area contributed by atoms with Crippen LogP contribution in [-0.2, 0) is 34.4 Å². The van der Waals surface area contributed by atoms with Gasteiger partial charge in [-0.3, -0.25) is 9.93 Å². The first kappa shape index (κ1) is 26.6. The van der Waals surface area contributed by atoms with E-state index in [0.29, 0.717) is 0 Å². The molecule has 2 aromatic carbocycles. The minimum Gasteiger partial charge on any atom is -0.303 e. The maximum atomic E-state index is 12.5. The third-order valence-electron chi connectivity index (χ3n) is 8.11. The molecule has 0 N–H and O–H groups in total. The second-order valence-electron chi connectivity index (χ2n) is 10.9. The number of aryl methyl sites for hydroxylation is 3. The number of aromatic nitrogens is 1. The molecular formula is C32H34ClFN2O2. The highest BCUT2D eigenvalue weighted by Crippen LogP contribution is 2.38. The lowest BCUT2D eigenvalue weighted by atomic mass is 9.84. The molecule has 0 spiro atoms. The molecule has 2 aliphatic rings. The highest BCUT2D eigenvalue weighted by atomic mass is 35.5. The molecule has 38 heavy (non-hydrogen) atoms. The fraction of sp³-hybridized carbons (Fsp3) is 0.375. The van der Waals surface area contributed by atoms with Crippen LogP contribution in [-0.4, -0.2) is 35.5 Å². The zero-order chi connectivity index (χ0) is 26.7. The van der Waals surface area contributed by atoms with Gasteiger partial charge in [-0.05, 0) is 105 Å². The number of carbonyl (C=O) groups excluding carboxylic acids is 1. The van der Waals surface area contributed by atoms with Gasteiger partial charge in [0.25, 0.3) is 0 Å². The first-order valence-electron chi connectivity index (χ1n) is 13.5. The molecule has 0 unspecified atom stereocenters. The highest BCUT2D eigenvalue weighted by Gasteiger charge is 2.33. The summed E-state index contributed by atoms with van der Waals surface area (Å²) in [4.78, 5) is 22.8. The Bertz CT molecular complexity index is 1360. The largest absolute Gasteiger partial charge is 0.358 e. The number of piperidine rings is 1. The Morgan fingerprint density at radius 2 is 1.82 bits per heavy atom. The van der Waals surface area contributed by atoms with Gasteiger partial charge >= 0.3 is 5.97 Å². The standard InChI is InChI=1S/C32H34ClFN2O2/c1-32(2,31(37)38-34)26-9-3-6-22(20-26)7-5-17-36-18-14-23(15-19-36)29-28-13-12-27(33)21-25(28)11-10-24-8-4-16-35-30(24)29/h3-4,6,8-9,12-13,16,20-21H,5,7,10-11,14-15,17-19H2,1-2H3. The van der Waals surface area contributed by atoms with Gasteiger partial charge in [0.15, 0.2) is 0 Å². The minimum absolute atomic E-state index is 0.769. The number of halogens is 2. The first-order valence-corrected chi connectivity index (χ1v) is 13.8. The average Bonchev–Trinajstić information content (AvgIpc) is 3.10. The molecule has 1 aromatic heterocycles. The molecule has 0 radical (unpaired) electrons. The number of carbonyl (C=O) groups is 1. The van der Waals surface area contributed by atoms with Gasteiger partial charge in [0.2, 0.25) is 0 Å². The zero-order valence-electron chi connectivity index (χ0n) is 22.1. The molecule has 3 aromatic rings. The second-order valence-corrected chi connectivity index (χ2v) is 11.4. The maximum absolute atomic E-state index is 12.5. The van der Waals surface area contributed by atoms with Crippen LogP contribution in [0.4, 0.5) is 4.53 Å². The molecule has 6 heteroatoms. The van der Waals surface area contributed by atoms with Gasteiger partial charge in [0.1, 0.15) is 0 Å². The van der Waals surface area contributed by atoms with Crippen LogP contribution in [0.3, 0.4) is 0 Å². The molecule has 0 saturated carbocycles. The van der Waals surface area contributed by atoms with Crippen LogP contribution < -0.4 is 0 Å². The number of hydrogen-bond acceptors (Lipinski definition) is 4. The van der Waals surface area contributed by atoms with E-state index in [0.717, 1.165) is 80.0 Å². The molecule has 1 aliphatic heterocycles. The van der Waals surface area contributed by atoms with E-state index in [-0.39, 0.29) is 0 Å². The summed E-state index contributed by atoms with van der Waals surface area (Å²) >= 11 is 6.36. The van der Waals surface area contributed by atoms with Crippen molar-refractivity contribution in [2.75, 3.05) is 19.6 Å². The van der Waals surface area contributed by atoms with Gasteiger partial charge in [-0.15, -0.1) is 0 Å². The number of likely N-dealkylation sites (tertiary alicyclic amines) is 1. The van der Waals surface area contributed by atoms with Gasteiger partial charge in [-0.1, -0.05) is 53.6 Å². The van der Waals surface area contributed by atoms with Crippen LogP contribution in [0.5, 0.6) is 0 Å². The van der Waals surface area contributed by atoms with E-state index in [1.54, 1.807) is 13.8 Å². The first-order chi connectivity index (χ1) is 18.4. The van der Waals surface area contributed by atoms with E-state index >= 15 is 0 Å². The molecule has 1 aliphatic carbocycles. The van der Waals surface area contributed by atoms with Crippen LogP contribution in [0, 0.1) is 0 Å². The summed E-state index contributed by atoms with van der Waals surface area (Å²) in [5.74, 6) is -0.870. The summed E-state index contributed by atoms with van der Waals surface area (Å²) in [6.07, 6.45) is 7.86. The normalized spacial score (nSPS) is 16.0. The van der Waals surface area contributed by atoms with Gasteiger partial charge in [0, 0.05) is 34.4 Å². The number of nitrogens with zero attached hydrogens (tertiary/aromatic N) is 2. The van der Waals surface area contributed by atoms with E-state index in [2.05, 4.69) is 34.1 Å². The Balaban J connectivity index is 1.26. The molecule has 1 saturated heterocycles. The van der Waals surface area contributed by atoms with Crippen molar-refractivity contribution in [3.05, 3.63) is 105 Å². The zero-order valence-corrected chi connectivity index (χ0v) is 22.9. The molecule has 0 bridgehead atoms. The second kappa shape index (κ2) is 11.4. The van der Waals surface area contributed by atoms with E-state index in [1.165, 1.54) is 27.8 Å². The highest BCUT2D eigenvalue weighted by molar-refractivity contribution is 6.30. The SMILES string of the molecule is CC(C)(C(=O)OF)c1cccc(CCCN2CCC(=C3c4ccc(Cl)cc4CCc4cccnc43)CC2)c1. The third-order valence-corrected chi connectivity index (χ3v) is 8.35. The van der Waals surface area contributed by atoms with E-state index in [4.69, 9.17) is 16.6 Å². The number of pyridine rings is 1. The van der Waals surface area contributed by atoms with Gasteiger partial charge in [-0.25, -0.2) is 4.79 Å². The Hall–Kier alpha value is -3.02. The van der Waals surface area contributed by atoms with Gasteiger partial charge in [-0.2, -0.15) is 0 Å². The van der Waals surface area contributed by atoms with Crippen LogP contribution in [0.1, 0.15) is 66.6 Å². The number of rotatable bonds is 6. The number of hydrogen-bond donors (Lipinski definition) is 0.